The van der Waals surface area contributed by atoms with Crippen LogP contribution in [0.3, 0.4) is 0 Å². The fraction of sp³-hybridized carbons (Fsp3) is 1.00. The maximum absolute atomic E-state index is 4.30. The number of nitrogens with one attached hydrogen (secondary N) is 2. The van der Waals surface area contributed by atoms with Gasteiger partial charge in [-0.3, -0.25) is 4.90 Å². The minimum Gasteiger partial charge on any atom is -0.313 e. The van der Waals surface area contributed by atoms with Crippen molar-refractivity contribution in [3.8, 4) is 0 Å². The molecule has 0 radical (unpaired) electrons. The van der Waals surface area contributed by atoms with E-state index in [1.807, 2.05) is 0 Å². The molecule has 8 unspecified atom stereocenters. The van der Waals surface area contributed by atoms with Gasteiger partial charge in [0.05, 0.1) is 0 Å². The number of hydrogen-bond acceptors (Lipinski definition) is 3. The third kappa shape index (κ3) is 2.95. The third-order valence-electron chi connectivity index (χ3n) is 12.1. The van der Waals surface area contributed by atoms with Gasteiger partial charge in [-0.05, 0) is 101 Å². The molecule has 4 aliphatic carbocycles. The molecule has 0 aromatic rings. The van der Waals surface area contributed by atoms with Crippen LogP contribution in [-0.2, 0) is 0 Å². The molecule has 2 N–H and O–H groups in total. The summed E-state index contributed by atoms with van der Waals surface area (Å²) in [6.45, 7) is 2.59. The Morgan fingerprint density at radius 1 is 0.500 bits per heavy atom. The fourth-order valence-electron chi connectivity index (χ4n) is 11.5. The first-order valence-electron chi connectivity index (χ1n) is 15.1. The van der Waals surface area contributed by atoms with Gasteiger partial charge in [-0.2, -0.15) is 0 Å². The summed E-state index contributed by atoms with van der Waals surface area (Å²) in [5.41, 5.74) is 0.553. The van der Waals surface area contributed by atoms with E-state index in [9.17, 15) is 0 Å². The van der Waals surface area contributed by atoms with E-state index in [1.54, 1.807) is 0 Å². The van der Waals surface area contributed by atoms with Crippen molar-refractivity contribution < 1.29 is 0 Å². The van der Waals surface area contributed by atoms with Crippen molar-refractivity contribution in [2.75, 3.05) is 13.1 Å². The molecule has 0 aromatic heterocycles. The van der Waals surface area contributed by atoms with Crippen LogP contribution < -0.4 is 10.6 Å². The van der Waals surface area contributed by atoms with Crippen LogP contribution in [0.25, 0.3) is 0 Å². The van der Waals surface area contributed by atoms with E-state index in [-0.39, 0.29) is 0 Å². The van der Waals surface area contributed by atoms with Gasteiger partial charge in [0.2, 0.25) is 0 Å². The summed E-state index contributed by atoms with van der Waals surface area (Å²) in [7, 11) is 0. The van der Waals surface area contributed by atoms with Crippen LogP contribution in [0.2, 0.25) is 0 Å². The lowest BCUT2D eigenvalue weighted by Gasteiger charge is -2.68. The molecule has 3 aliphatic heterocycles. The van der Waals surface area contributed by atoms with Crippen molar-refractivity contribution in [3.63, 3.8) is 0 Å². The first kappa shape index (κ1) is 21.2. The van der Waals surface area contributed by atoms with E-state index in [1.165, 1.54) is 122 Å². The molecule has 3 heterocycles. The molecular formula is C29H49N3. The van der Waals surface area contributed by atoms with Crippen LogP contribution in [0.4, 0.5) is 0 Å². The molecule has 0 aromatic carbocycles. The molecule has 7 aliphatic rings. The molecule has 32 heavy (non-hydrogen) atoms. The molecule has 0 amide bonds. The summed E-state index contributed by atoms with van der Waals surface area (Å²) in [6, 6.07) is 4.36. The molecule has 1 spiro atoms. The second-order valence-corrected chi connectivity index (χ2v) is 13.1. The van der Waals surface area contributed by atoms with Gasteiger partial charge in [-0.25, -0.2) is 0 Å². The van der Waals surface area contributed by atoms with E-state index in [2.05, 4.69) is 15.5 Å². The number of nitrogens with zero attached hydrogens (tertiary/aromatic N) is 1. The number of likely N-dealkylation sites (tertiary alicyclic amines) is 1. The zero-order chi connectivity index (χ0) is 21.1. The molecule has 7 fully saturated rings. The number of rotatable bonds is 1. The molecule has 8 atom stereocenters. The number of fused-ring (bicyclic) bond motifs is 9. The van der Waals surface area contributed by atoms with Crippen molar-refractivity contribution in [3.05, 3.63) is 0 Å². The normalized spacial score (nSPS) is 52.1. The van der Waals surface area contributed by atoms with Crippen molar-refractivity contribution in [1.29, 1.82) is 0 Å². The van der Waals surface area contributed by atoms with Gasteiger partial charge in [0, 0.05) is 35.6 Å². The average molecular weight is 440 g/mol. The van der Waals surface area contributed by atoms with Gasteiger partial charge in [0.15, 0.2) is 0 Å². The second kappa shape index (κ2) is 8.52. The van der Waals surface area contributed by atoms with E-state index in [0.717, 1.165) is 53.9 Å². The highest BCUT2D eigenvalue weighted by atomic mass is 15.3. The topological polar surface area (TPSA) is 27.3 Å². The Kier molecular flexibility index (Phi) is 5.64. The maximum atomic E-state index is 4.30. The fourth-order valence-corrected chi connectivity index (χ4v) is 11.5. The van der Waals surface area contributed by atoms with Gasteiger partial charge in [0.25, 0.3) is 0 Å². The number of piperidine rings is 3. The Labute approximate surface area is 197 Å². The second-order valence-electron chi connectivity index (χ2n) is 13.1. The first-order chi connectivity index (χ1) is 15.9. The van der Waals surface area contributed by atoms with Crippen LogP contribution in [0.5, 0.6) is 0 Å². The van der Waals surface area contributed by atoms with Gasteiger partial charge in [0.1, 0.15) is 0 Å². The predicted octanol–water partition coefficient (Wildman–Crippen LogP) is 5.49. The largest absolute Gasteiger partial charge is 0.313 e. The van der Waals surface area contributed by atoms with Crippen LogP contribution in [-0.4, -0.2) is 48.2 Å². The Morgan fingerprint density at radius 3 is 1.56 bits per heavy atom. The molecule has 3 nitrogen and oxygen atoms in total. The molecule has 4 saturated carbocycles. The summed E-state index contributed by atoms with van der Waals surface area (Å²) in [5, 5.41) is 8.60. The van der Waals surface area contributed by atoms with E-state index in [4.69, 9.17) is 0 Å². The Balaban J connectivity index is 1.36. The molecular weight excluding hydrogens is 390 g/mol. The minimum absolute atomic E-state index is 0.553. The monoisotopic (exact) mass is 439 g/mol. The van der Waals surface area contributed by atoms with Gasteiger partial charge < -0.3 is 10.6 Å². The standard InChI is InChI=1S/C29H49N3/c1-2-10-20(11-3-1)32-25-16-6-4-14-23(25)29(24-15-5-7-17-26(24)32)27-21(12-8-18-30-27)22-13-9-19-31-28(22)29/h20-28,30-31H,1-19H2. The van der Waals surface area contributed by atoms with Gasteiger partial charge in [-0.1, -0.05) is 44.9 Å². The van der Waals surface area contributed by atoms with Crippen LogP contribution in [0.15, 0.2) is 0 Å². The van der Waals surface area contributed by atoms with Crippen molar-refractivity contribution in [2.45, 2.75) is 139 Å². The lowest BCUT2D eigenvalue weighted by Crippen LogP contribution is -2.74. The summed E-state index contributed by atoms with van der Waals surface area (Å²) in [6.07, 6.45) is 25.5. The summed E-state index contributed by atoms with van der Waals surface area (Å²) < 4.78 is 0. The van der Waals surface area contributed by atoms with Gasteiger partial charge >= 0.3 is 0 Å². The van der Waals surface area contributed by atoms with Crippen LogP contribution >= 0.6 is 0 Å². The van der Waals surface area contributed by atoms with Crippen LogP contribution in [0.1, 0.15) is 109 Å². The lowest BCUT2D eigenvalue weighted by molar-refractivity contribution is -0.174. The Morgan fingerprint density at radius 2 is 1.00 bits per heavy atom. The smallest absolute Gasteiger partial charge is 0.0176 e. The van der Waals surface area contributed by atoms with Gasteiger partial charge in [-0.15, -0.1) is 0 Å². The summed E-state index contributed by atoms with van der Waals surface area (Å²) in [4.78, 5) is 3.28. The maximum Gasteiger partial charge on any atom is 0.0176 e. The quantitative estimate of drug-likeness (QED) is 0.566. The molecule has 7 rings (SSSR count). The zero-order valence-electron chi connectivity index (χ0n) is 20.6. The molecule has 180 valence electrons. The van der Waals surface area contributed by atoms with E-state index < -0.39 is 0 Å². The highest BCUT2D eigenvalue weighted by Gasteiger charge is 2.71. The average Bonchev–Trinajstić information content (AvgIpc) is 3.16. The van der Waals surface area contributed by atoms with Crippen molar-refractivity contribution in [1.82, 2.24) is 15.5 Å². The third-order valence-corrected chi connectivity index (χ3v) is 12.1. The lowest BCUT2D eigenvalue weighted by atomic mass is 9.48. The zero-order valence-corrected chi connectivity index (χ0v) is 20.6. The number of hydrogen-bond donors (Lipinski definition) is 2. The summed E-state index contributed by atoms with van der Waals surface area (Å²) >= 11 is 0. The van der Waals surface area contributed by atoms with E-state index in [0.29, 0.717) is 5.41 Å². The highest BCUT2D eigenvalue weighted by molar-refractivity contribution is 5.24. The SMILES string of the molecule is C1CCC(N2C3CCCCC3C3(C4CCCCC42)C2NCCCC2C2CCCNC23)CC1. The Bertz CT molecular complexity index is 623. The first-order valence-corrected chi connectivity index (χ1v) is 15.1. The van der Waals surface area contributed by atoms with Crippen LogP contribution in [0, 0.1) is 29.1 Å². The molecule has 0 bridgehead atoms. The summed E-state index contributed by atoms with van der Waals surface area (Å²) in [5.74, 6) is 3.84. The van der Waals surface area contributed by atoms with Crippen molar-refractivity contribution >= 4 is 0 Å². The minimum atomic E-state index is 0.553. The molecule has 3 heteroatoms. The Hall–Kier alpha value is -0.120. The highest BCUT2D eigenvalue weighted by Crippen LogP contribution is 2.67. The van der Waals surface area contributed by atoms with Crippen molar-refractivity contribution in [2.24, 2.45) is 29.1 Å². The van der Waals surface area contributed by atoms with E-state index >= 15 is 0 Å². The molecule has 3 saturated heterocycles. The predicted molar refractivity (Wildman–Crippen MR) is 132 cm³/mol.